The van der Waals surface area contributed by atoms with Gasteiger partial charge in [-0.2, -0.15) is 0 Å². The van der Waals surface area contributed by atoms with E-state index in [1.807, 2.05) is 17.0 Å². The summed E-state index contributed by atoms with van der Waals surface area (Å²) in [5, 5.41) is 12.4. The number of carbonyl (C=O) groups is 1. The zero-order valence-corrected chi connectivity index (χ0v) is 14.2. The Morgan fingerprint density at radius 3 is 3.00 bits per heavy atom. The molecule has 0 radical (unpaired) electrons. The van der Waals surface area contributed by atoms with Gasteiger partial charge in [0.2, 0.25) is 12.5 Å². The summed E-state index contributed by atoms with van der Waals surface area (Å²) in [7, 11) is 0. The predicted octanol–water partition coefficient (Wildman–Crippen LogP) is 2.70. The van der Waals surface area contributed by atoms with E-state index in [1.54, 1.807) is 0 Å². The van der Waals surface area contributed by atoms with Crippen LogP contribution in [0.15, 0.2) is 24.3 Å². The number of amides is 1. The number of H-pyrrole nitrogens is 1. The van der Waals surface area contributed by atoms with Crippen molar-refractivity contribution in [2.75, 3.05) is 13.1 Å². The predicted molar refractivity (Wildman–Crippen MR) is 92.6 cm³/mol. The van der Waals surface area contributed by atoms with E-state index in [0.717, 1.165) is 30.6 Å². The van der Waals surface area contributed by atoms with Crippen molar-refractivity contribution in [2.45, 2.75) is 31.7 Å². The Morgan fingerprint density at radius 2 is 2.20 bits per heavy atom. The zero-order chi connectivity index (χ0) is 17.3. The van der Waals surface area contributed by atoms with Gasteiger partial charge in [0.25, 0.3) is 0 Å². The molecule has 1 amide bonds. The van der Waals surface area contributed by atoms with Crippen LogP contribution in [0, 0.1) is 27.9 Å². The highest BCUT2D eigenvalue weighted by atomic mass is 16.6. The van der Waals surface area contributed by atoms with Gasteiger partial charge in [-0.05, 0) is 30.4 Å². The molecule has 1 saturated carbocycles. The summed E-state index contributed by atoms with van der Waals surface area (Å²) in [6, 6.07) is 8.28. The standard InChI is InChI=1S/C19H21N3O3/c1-11-9-19-15(14(11)10-22(24)25)8-17(23)21(19)7-6-13-12-4-2-3-5-16(12)20-18(13)19/h2-5,11,14-15,20H,6-10H2,1H3. The number of hydrogen-bond acceptors (Lipinski definition) is 3. The molecule has 1 saturated heterocycles. The van der Waals surface area contributed by atoms with Gasteiger partial charge < -0.3 is 9.88 Å². The molecule has 5 rings (SSSR count). The van der Waals surface area contributed by atoms with Crippen LogP contribution < -0.4 is 0 Å². The molecule has 2 aliphatic heterocycles. The van der Waals surface area contributed by atoms with Crippen molar-refractivity contribution < 1.29 is 9.72 Å². The third-order valence-corrected chi connectivity index (χ3v) is 6.86. The van der Waals surface area contributed by atoms with Gasteiger partial charge in [-0.1, -0.05) is 25.1 Å². The number of aromatic amines is 1. The Balaban J connectivity index is 1.72. The topological polar surface area (TPSA) is 79.2 Å². The van der Waals surface area contributed by atoms with Crippen LogP contribution in [0.1, 0.15) is 31.0 Å². The minimum Gasteiger partial charge on any atom is -0.356 e. The van der Waals surface area contributed by atoms with Gasteiger partial charge in [0.1, 0.15) is 0 Å². The van der Waals surface area contributed by atoms with Crippen molar-refractivity contribution in [2.24, 2.45) is 17.8 Å². The van der Waals surface area contributed by atoms with Gasteiger partial charge in [0, 0.05) is 46.3 Å². The molecule has 1 aromatic carbocycles. The van der Waals surface area contributed by atoms with E-state index < -0.39 is 0 Å². The maximum atomic E-state index is 12.7. The van der Waals surface area contributed by atoms with E-state index >= 15 is 0 Å². The molecule has 1 aromatic heterocycles. The maximum absolute atomic E-state index is 12.7. The number of carbonyl (C=O) groups excluding carboxylic acids is 1. The van der Waals surface area contributed by atoms with Crippen LogP contribution in [-0.4, -0.2) is 33.8 Å². The molecule has 0 bridgehead atoms. The van der Waals surface area contributed by atoms with Crippen molar-refractivity contribution in [1.82, 2.24) is 9.88 Å². The number of benzene rings is 1. The van der Waals surface area contributed by atoms with Gasteiger partial charge >= 0.3 is 0 Å². The molecule has 130 valence electrons. The first-order valence-electron chi connectivity index (χ1n) is 9.04. The van der Waals surface area contributed by atoms with E-state index in [1.165, 1.54) is 10.9 Å². The van der Waals surface area contributed by atoms with Gasteiger partial charge in [0.15, 0.2) is 0 Å². The Kier molecular flexibility index (Phi) is 2.89. The molecular weight excluding hydrogens is 318 g/mol. The van der Waals surface area contributed by atoms with Crippen LogP contribution in [0.3, 0.4) is 0 Å². The molecule has 4 atom stereocenters. The summed E-state index contributed by atoms with van der Waals surface area (Å²) in [6.07, 6.45) is 2.12. The molecule has 1 spiro atoms. The summed E-state index contributed by atoms with van der Waals surface area (Å²) >= 11 is 0. The molecule has 25 heavy (non-hydrogen) atoms. The summed E-state index contributed by atoms with van der Waals surface area (Å²) in [5.41, 5.74) is 3.19. The summed E-state index contributed by atoms with van der Waals surface area (Å²) in [4.78, 5) is 29.4. The van der Waals surface area contributed by atoms with Crippen LogP contribution in [0.2, 0.25) is 0 Å². The molecule has 6 heteroatoms. The highest BCUT2D eigenvalue weighted by molar-refractivity contribution is 5.88. The lowest BCUT2D eigenvalue weighted by molar-refractivity contribution is -0.491. The fourth-order valence-corrected chi connectivity index (χ4v) is 5.97. The van der Waals surface area contributed by atoms with Crippen molar-refractivity contribution in [3.05, 3.63) is 45.6 Å². The number of nitrogens with one attached hydrogen (secondary N) is 1. The largest absolute Gasteiger partial charge is 0.356 e. The number of aromatic nitrogens is 1. The Bertz CT molecular complexity index is 904. The number of rotatable bonds is 2. The van der Waals surface area contributed by atoms with Crippen LogP contribution >= 0.6 is 0 Å². The number of para-hydroxylation sites is 1. The molecule has 3 heterocycles. The SMILES string of the molecule is CC1CC23c4[nH]c5ccccc5c4CCN2C(=O)CC3C1C[N+](=O)[O-]. The Hall–Kier alpha value is -2.37. The highest BCUT2D eigenvalue weighted by Crippen LogP contribution is 2.61. The Morgan fingerprint density at radius 1 is 1.40 bits per heavy atom. The van der Waals surface area contributed by atoms with E-state index in [2.05, 4.69) is 24.0 Å². The number of hydrogen-bond donors (Lipinski definition) is 1. The number of nitro groups is 1. The molecule has 3 aliphatic rings. The third-order valence-electron chi connectivity index (χ3n) is 6.86. The second-order valence-corrected chi connectivity index (χ2v) is 7.91. The van der Waals surface area contributed by atoms with Crippen molar-refractivity contribution in [1.29, 1.82) is 0 Å². The third kappa shape index (κ3) is 1.77. The van der Waals surface area contributed by atoms with E-state index in [9.17, 15) is 14.9 Å². The fraction of sp³-hybridized carbons (Fsp3) is 0.526. The summed E-state index contributed by atoms with van der Waals surface area (Å²) < 4.78 is 0. The zero-order valence-electron chi connectivity index (χ0n) is 14.2. The maximum Gasteiger partial charge on any atom is 0.223 e. The highest BCUT2D eigenvalue weighted by Gasteiger charge is 2.65. The average molecular weight is 339 g/mol. The lowest BCUT2D eigenvalue weighted by Crippen LogP contribution is -2.49. The first-order valence-corrected chi connectivity index (χ1v) is 9.04. The van der Waals surface area contributed by atoms with Gasteiger partial charge in [-0.15, -0.1) is 0 Å². The van der Waals surface area contributed by atoms with E-state index in [0.29, 0.717) is 6.42 Å². The molecule has 1 N–H and O–H groups in total. The molecule has 6 nitrogen and oxygen atoms in total. The van der Waals surface area contributed by atoms with Crippen molar-refractivity contribution >= 4 is 16.8 Å². The summed E-state index contributed by atoms with van der Waals surface area (Å²) in [5.74, 6) is 0.395. The Labute approximate surface area is 145 Å². The van der Waals surface area contributed by atoms with E-state index in [4.69, 9.17) is 0 Å². The minimum absolute atomic E-state index is 0.0347. The first kappa shape index (κ1) is 14.9. The monoisotopic (exact) mass is 339 g/mol. The van der Waals surface area contributed by atoms with Gasteiger partial charge in [-0.3, -0.25) is 14.9 Å². The average Bonchev–Trinajstić information content (AvgIpc) is 3.16. The van der Waals surface area contributed by atoms with Crippen molar-refractivity contribution in [3.63, 3.8) is 0 Å². The van der Waals surface area contributed by atoms with E-state index in [-0.39, 0.29) is 40.7 Å². The lowest BCUT2D eigenvalue weighted by Gasteiger charge is -2.43. The van der Waals surface area contributed by atoms with Gasteiger partial charge in [0.05, 0.1) is 5.54 Å². The fourth-order valence-electron chi connectivity index (χ4n) is 5.97. The number of nitrogens with zero attached hydrogens (tertiary/aromatic N) is 2. The molecule has 1 aliphatic carbocycles. The summed E-state index contributed by atoms with van der Waals surface area (Å²) in [6.45, 7) is 2.80. The van der Waals surface area contributed by atoms with Crippen LogP contribution in [0.4, 0.5) is 0 Å². The second kappa shape index (κ2) is 4.84. The smallest absolute Gasteiger partial charge is 0.223 e. The minimum atomic E-state index is -0.371. The lowest BCUT2D eigenvalue weighted by atomic mass is 9.77. The first-order chi connectivity index (χ1) is 12.0. The van der Waals surface area contributed by atoms with Crippen LogP contribution in [0.25, 0.3) is 10.9 Å². The van der Waals surface area contributed by atoms with Crippen LogP contribution in [0.5, 0.6) is 0 Å². The second-order valence-electron chi connectivity index (χ2n) is 7.91. The molecule has 2 fully saturated rings. The van der Waals surface area contributed by atoms with Crippen LogP contribution in [-0.2, 0) is 16.8 Å². The molecular formula is C19H21N3O3. The van der Waals surface area contributed by atoms with Gasteiger partial charge in [-0.25, -0.2) is 0 Å². The quantitative estimate of drug-likeness (QED) is 0.675. The van der Waals surface area contributed by atoms with Crippen molar-refractivity contribution in [3.8, 4) is 0 Å². The normalized spacial score (nSPS) is 33.4. The molecule has 2 aromatic rings. The molecule has 4 unspecified atom stereocenters. The number of fused-ring (bicyclic) bond motifs is 3.